The van der Waals surface area contributed by atoms with E-state index in [1.54, 1.807) is 0 Å². The van der Waals surface area contributed by atoms with Gasteiger partial charge in [0.25, 0.3) is 5.91 Å². The Balaban J connectivity index is 1.20. The number of fused-ring (bicyclic) bond motifs is 2. The Morgan fingerprint density at radius 1 is 0.950 bits per heavy atom. The molecule has 2 aromatic heterocycles. The molecule has 6 heteroatoms. The number of hydrogen-bond donors (Lipinski definition) is 0. The predicted molar refractivity (Wildman–Crippen MR) is 159 cm³/mol. The van der Waals surface area contributed by atoms with Crippen LogP contribution in [0.15, 0.2) is 79.3 Å². The van der Waals surface area contributed by atoms with Gasteiger partial charge in [-0.05, 0) is 66.8 Å². The normalized spacial score (nSPS) is 18.5. The standard InChI is InChI=1S/C34H40N4O2/c1-36-25-30(29-12-3-4-13-31(29)36)33(39)38-19-16-34(17-20-38)15-7-6-11-28-10-2-5-14-32(28)40-22-21-37(26-34)24-27-9-8-18-35-23-27/h2-5,8-10,12-14,18,23,25H,6-7,11,15-17,19-22,24,26H2,1H3. The Labute approximate surface area is 237 Å². The second-order valence-corrected chi connectivity index (χ2v) is 11.7. The molecule has 208 valence electrons. The summed E-state index contributed by atoms with van der Waals surface area (Å²) in [6.07, 6.45) is 12.5. The van der Waals surface area contributed by atoms with Crippen molar-refractivity contribution in [2.75, 3.05) is 32.8 Å². The smallest absolute Gasteiger partial charge is 0.256 e. The Hall–Kier alpha value is -3.64. The number of aromatic nitrogens is 2. The van der Waals surface area contributed by atoms with Gasteiger partial charge in [-0.3, -0.25) is 14.7 Å². The zero-order valence-electron chi connectivity index (χ0n) is 23.6. The number of para-hydroxylation sites is 2. The Kier molecular flexibility index (Phi) is 7.87. The Morgan fingerprint density at radius 3 is 2.62 bits per heavy atom. The van der Waals surface area contributed by atoms with Gasteiger partial charge in [-0.25, -0.2) is 0 Å². The van der Waals surface area contributed by atoms with E-state index < -0.39 is 0 Å². The van der Waals surface area contributed by atoms with Crippen molar-refractivity contribution in [3.05, 3.63) is 95.9 Å². The molecule has 4 heterocycles. The van der Waals surface area contributed by atoms with Gasteiger partial charge >= 0.3 is 0 Å². The number of carbonyl (C=O) groups is 1. The van der Waals surface area contributed by atoms with Crippen molar-refractivity contribution in [2.45, 2.75) is 45.1 Å². The molecule has 2 aromatic carbocycles. The van der Waals surface area contributed by atoms with Gasteiger partial charge in [-0.15, -0.1) is 0 Å². The van der Waals surface area contributed by atoms with Crippen LogP contribution in [-0.4, -0.2) is 58.0 Å². The van der Waals surface area contributed by atoms with Gasteiger partial charge < -0.3 is 14.2 Å². The number of carbonyl (C=O) groups excluding carboxylic acids is 1. The summed E-state index contributed by atoms with van der Waals surface area (Å²) in [5, 5.41) is 1.05. The maximum Gasteiger partial charge on any atom is 0.256 e. The summed E-state index contributed by atoms with van der Waals surface area (Å²) in [6.45, 7) is 5.02. The van der Waals surface area contributed by atoms with Crippen molar-refractivity contribution >= 4 is 16.8 Å². The largest absolute Gasteiger partial charge is 0.492 e. The second-order valence-electron chi connectivity index (χ2n) is 11.7. The predicted octanol–water partition coefficient (Wildman–Crippen LogP) is 6.10. The van der Waals surface area contributed by atoms with Gasteiger partial charge in [0.2, 0.25) is 0 Å². The number of pyridine rings is 1. The number of hydrogen-bond acceptors (Lipinski definition) is 4. The van der Waals surface area contributed by atoms with E-state index in [1.807, 2.05) is 43.8 Å². The zero-order valence-corrected chi connectivity index (χ0v) is 23.6. The van der Waals surface area contributed by atoms with Gasteiger partial charge in [0, 0.05) is 69.3 Å². The zero-order chi connectivity index (χ0) is 27.4. The van der Waals surface area contributed by atoms with Crippen LogP contribution in [0.3, 0.4) is 0 Å². The average Bonchev–Trinajstić information content (AvgIpc) is 3.32. The molecule has 2 aliphatic heterocycles. The fourth-order valence-corrected chi connectivity index (χ4v) is 6.74. The third-order valence-electron chi connectivity index (χ3n) is 8.97. The van der Waals surface area contributed by atoms with Crippen LogP contribution in [0.4, 0.5) is 0 Å². The number of piperidine rings is 1. The van der Waals surface area contributed by atoms with E-state index in [9.17, 15) is 4.79 Å². The molecule has 0 radical (unpaired) electrons. The van der Waals surface area contributed by atoms with Gasteiger partial charge in [0.05, 0.1) is 5.56 Å². The molecule has 0 N–H and O–H groups in total. The van der Waals surface area contributed by atoms with Crippen molar-refractivity contribution < 1.29 is 9.53 Å². The quantitative estimate of drug-likeness (QED) is 0.317. The monoisotopic (exact) mass is 536 g/mol. The van der Waals surface area contributed by atoms with E-state index in [0.29, 0.717) is 6.61 Å². The van der Waals surface area contributed by atoms with Crippen LogP contribution in [0.25, 0.3) is 10.9 Å². The first-order valence-electron chi connectivity index (χ1n) is 14.8. The second kappa shape index (κ2) is 11.8. The maximum absolute atomic E-state index is 13.7. The first-order chi connectivity index (χ1) is 19.6. The van der Waals surface area contributed by atoms with Crippen molar-refractivity contribution in [2.24, 2.45) is 12.5 Å². The van der Waals surface area contributed by atoms with Crippen LogP contribution in [0.2, 0.25) is 0 Å². The SMILES string of the molecule is Cn1cc(C(=O)N2CCC3(CCCCc4ccccc4OCCN(Cc4cccnc4)C3)CC2)c2ccccc21. The van der Waals surface area contributed by atoms with Crippen LogP contribution >= 0.6 is 0 Å². The lowest BCUT2D eigenvalue weighted by molar-refractivity contribution is 0.0362. The average molecular weight is 537 g/mol. The van der Waals surface area contributed by atoms with Gasteiger partial charge in [0.1, 0.15) is 12.4 Å². The van der Waals surface area contributed by atoms with E-state index in [1.165, 1.54) is 24.0 Å². The first kappa shape index (κ1) is 26.6. The van der Waals surface area contributed by atoms with Crippen LogP contribution < -0.4 is 4.74 Å². The summed E-state index contributed by atoms with van der Waals surface area (Å²) in [6, 6.07) is 20.9. The highest BCUT2D eigenvalue weighted by Crippen LogP contribution is 2.39. The minimum absolute atomic E-state index is 0.164. The van der Waals surface area contributed by atoms with E-state index in [-0.39, 0.29) is 11.3 Å². The van der Waals surface area contributed by atoms with Crippen molar-refractivity contribution in [1.29, 1.82) is 0 Å². The Bertz CT molecular complexity index is 1440. The minimum Gasteiger partial charge on any atom is -0.492 e. The molecule has 6 rings (SSSR count). The fraction of sp³-hybridized carbons (Fsp3) is 0.412. The molecule has 4 aromatic rings. The molecule has 40 heavy (non-hydrogen) atoms. The summed E-state index contributed by atoms with van der Waals surface area (Å²) < 4.78 is 8.39. The highest BCUT2D eigenvalue weighted by Gasteiger charge is 2.37. The molecule has 6 nitrogen and oxygen atoms in total. The molecule has 2 aliphatic rings. The van der Waals surface area contributed by atoms with Crippen LogP contribution in [0, 0.1) is 5.41 Å². The minimum atomic E-state index is 0.164. The van der Waals surface area contributed by atoms with Crippen molar-refractivity contribution in [3.8, 4) is 5.75 Å². The third-order valence-corrected chi connectivity index (χ3v) is 8.97. The van der Waals surface area contributed by atoms with Gasteiger partial charge in [0.15, 0.2) is 0 Å². The summed E-state index contributed by atoms with van der Waals surface area (Å²) in [5.41, 5.74) is 4.66. The molecule has 0 atom stereocenters. The molecule has 0 unspecified atom stereocenters. The molecule has 0 aliphatic carbocycles. The molecule has 0 bridgehead atoms. The third kappa shape index (κ3) is 5.78. The number of likely N-dealkylation sites (tertiary alicyclic amines) is 1. The number of nitrogens with zero attached hydrogens (tertiary/aromatic N) is 4. The van der Waals surface area contributed by atoms with Crippen LogP contribution in [-0.2, 0) is 20.0 Å². The first-order valence-corrected chi connectivity index (χ1v) is 14.8. The lowest BCUT2D eigenvalue weighted by atomic mass is 9.73. The van der Waals surface area contributed by atoms with Crippen LogP contribution in [0.1, 0.15) is 53.6 Å². The van der Waals surface area contributed by atoms with Gasteiger partial charge in [-0.1, -0.05) is 48.9 Å². The van der Waals surface area contributed by atoms with Crippen LogP contribution in [0.5, 0.6) is 5.75 Å². The molecule has 1 fully saturated rings. The number of amides is 1. The molecule has 1 spiro atoms. The van der Waals surface area contributed by atoms with Gasteiger partial charge in [-0.2, -0.15) is 0 Å². The molecule has 0 saturated carbocycles. The number of benzene rings is 2. The highest BCUT2D eigenvalue weighted by molar-refractivity contribution is 6.07. The van der Waals surface area contributed by atoms with E-state index in [4.69, 9.17) is 4.74 Å². The molecular formula is C34H40N4O2. The summed E-state index contributed by atoms with van der Waals surface area (Å²) in [5.74, 6) is 1.19. The maximum atomic E-state index is 13.7. The lowest BCUT2D eigenvalue weighted by Gasteiger charge is -2.45. The van der Waals surface area contributed by atoms with E-state index in [0.717, 1.165) is 80.6 Å². The number of aryl methyl sites for hydroxylation is 2. The summed E-state index contributed by atoms with van der Waals surface area (Å²) >= 11 is 0. The number of rotatable bonds is 3. The highest BCUT2D eigenvalue weighted by atomic mass is 16.5. The fourth-order valence-electron chi connectivity index (χ4n) is 6.74. The molecular weight excluding hydrogens is 496 g/mol. The Morgan fingerprint density at radius 2 is 1.77 bits per heavy atom. The molecule has 1 saturated heterocycles. The summed E-state index contributed by atoms with van der Waals surface area (Å²) in [7, 11) is 2.02. The summed E-state index contributed by atoms with van der Waals surface area (Å²) in [4.78, 5) is 22.7. The van der Waals surface area contributed by atoms with Crippen molar-refractivity contribution in [1.82, 2.24) is 19.4 Å². The number of ether oxygens (including phenoxy) is 1. The van der Waals surface area contributed by atoms with Crippen molar-refractivity contribution in [3.63, 3.8) is 0 Å². The van der Waals surface area contributed by atoms with E-state index >= 15 is 0 Å². The topological polar surface area (TPSA) is 50.6 Å². The van der Waals surface area contributed by atoms with E-state index in [2.05, 4.69) is 61.8 Å². The molecule has 1 amide bonds. The lowest BCUT2D eigenvalue weighted by Crippen LogP contribution is -2.48.